The number of hydrogen-bond donors (Lipinski definition) is 1. The number of amides is 1. The third kappa shape index (κ3) is 3.96. The fourth-order valence-corrected chi connectivity index (χ4v) is 1.54. The van der Waals surface area contributed by atoms with E-state index < -0.39 is 0 Å². The molecule has 1 aromatic heterocycles. The molecule has 1 heterocycles. The molecule has 96 valence electrons. The van der Waals surface area contributed by atoms with Crippen molar-refractivity contribution < 1.29 is 9.53 Å². The number of nitrogens with one attached hydrogen (secondary N) is 1. The molecule has 0 radical (unpaired) electrons. The van der Waals surface area contributed by atoms with Crippen molar-refractivity contribution in [2.24, 2.45) is 0 Å². The summed E-state index contributed by atoms with van der Waals surface area (Å²) in [6, 6.07) is 11.0. The van der Waals surface area contributed by atoms with E-state index in [1.165, 1.54) is 6.08 Å². The van der Waals surface area contributed by atoms with Crippen LogP contribution in [0.5, 0.6) is 5.75 Å². The van der Waals surface area contributed by atoms with Crippen LogP contribution in [0, 0.1) is 0 Å². The molecule has 2 aromatic rings. The van der Waals surface area contributed by atoms with Crippen molar-refractivity contribution in [3.05, 3.63) is 60.4 Å². The lowest BCUT2D eigenvalue weighted by Gasteiger charge is -2.01. The predicted molar refractivity (Wildman–Crippen MR) is 74.9 cm³/mol. The van der Waals surface area contributed by atoms with E-state index in [0.29, 0.717) is 5.69 Å². The molecule has 4 heteroatoms. The van der Waals surface area contributed by atoms with Gasteiger partial charge in [-0.2, -0.15) is 0 Å². The maximum absolute atomic E-state index is 11.7. The molecule has 0 aliphatic rings. The van der Waals surface area contributed by atoms with Gasteiger partial charge in [0.2, 0.25) is 5.91 Å². The van der Waals surface area contributed by atoms with Crippen molar-refractivity contribution in [2.45, 2.75) is 0 Å². The summed E-state index contributed by atoms with van der Waals surface area (Å²) in [7, 11) is 1.61. The second-order valence-corrected chi connectivity index (χ2v) is 3.84. The van der Waals surface area contributed by atoms with E-state index in [-0.39, 0.29) is 5.91 Å². The number of anilines is 1. The Morgan fingerprint density at radius 1 is 1.32 bits per heavy atom. The highest BCUT2D eigenvalue weighted by Gasteiger charge is 1.97. The molecule has 0 atom stereocenters. The van der Waals surface area contributed by atoms with E-state index in [1.807, 2.05) is 24.3 Å². The Kier molecular flexibility index (Phi) is 4.29. The van der Waals surface area contributed by atoms with Gasteiger partial charge in [0.25, 0.3) is 0 Å². The lowest BCUT2D eigenvalue weighted by molar-refractivity contribution is -0.111. The number of benzene rings is 1. The van der Waals surface area contributed by atoms with E-state index in [9.17, 15) is 4.79 Å². The number of ether oxygens (including phenoxy) is 1. The summed E-state index contributed by atoms with van der Waals surface area (Å²) in [5.74, 6) is 0.561. The monoisotopic (exact) mass is 254 g/mol. The fraction of sp³-hybridized carbons (Fsp3) is 0.0667. The van der Waals surface area contributed by atoms with Gasteiger partial charge in [-0.1, -0.05) is 12.1 Å². The molecule has 0 unspecified atom stereocenters. The van der Waals surface area contributed by atoms with Gasteiger partial charge >= 0.3 is 0 Å². The highest BCUT2D eigenvalue weighted by atomic mass is 16.5. The van der Waals surface area contributed by atoms with Crippen molar-refractivity contribution >= 4 is 17.7 Å². The molecule has 1 aromatic carbocycles. The number of pyridine rings is 1. The first-order chi connectivity index (χ1) is 9.28. The quantitative estimate of drug-likeness (QED) is 0.853. The first-order valence-corrected chi connectivity index (χ1v) is 5.81. The van der Waals surface area contributed by atoms with Crippen molar-refractivity contribution in [3.63, 3.8) is 0 Å². The van der Waals surface area contributed by atoms with Gasteiger partial charge in [-0.15, -0.1) is 0 Å². The molecule has 0 spiro atoms. The van der Waals surface area contributed by atoms with Gasteiger partial charge in [0.1, 0.15) is 5.75 Å². The summed E-state index contributed by atoms with van der Waals surface area (Å²) in [5.41, 5.74) is 1.57. The average molecular weight is 254 g/mol. The van der Waals surface area contributed by atoms with Crippen LogP contribution in [0.15, 0.2) is 54.9 Å². The summed E-state index contributed by atoms with van der Waals surface area (Å²) in [6.45, 7) is 0. The zero-order chi connectivity index (χ0) is 13.5. The van der Waals surface area contributed by atoms with E-state index >= 15 is 0 Å². The van der Waals surface area contributed by atoms with Gasteiger partial charge in [0, 0.05) is 12.3 Å². The highest BCUT2D eigenvalue weighted by molar-refractivity contribution is 6.01. The molecule has 4 nitrogen and oxygen atoms in total. The van der Waals surface area contributed by atoms with Gasteiger partial charge in [-0.05, 0) is 35.9 Å². The summed E-state index contributed by atoms with van der Waals surface area (Å²) in [4.78, 5) is 15.6. The standard InChI is InChI=1S/C15H14N2O2/c1-19-14-6-2-4-12(10-14)7-8-15(18)17-13-5-3-9-16-11-13/h2-11H,1H3,(H,17,18)/b8-7+. The van der Waals surface area contributed by atoms with Gasteiger partial charge in [-0.25, -0.2) is 0 Å². The molecule has 0 aliphatic carbocycles. The van der Waals surface area contributed by atoms with Crippen LogP contribution in [0.25, 0.3) is 6.08 Å². The maximum Gasteiger partial charge on any atom is 0.248 e. The Hall–Kier alpha value is -2.62. The Morgan fingerprint density at radius 3 is 2.95 bits per heavy atom. The Labute approximate surface area is 111 Å². The topological polar surface area (TPSA) is 51.2 Å². The SMILES string of the molecule is COc1cccc(/C=C/C(=O)Nc2cccnc2)c1. The number of rotatable bonds is 4. The van der Waals surface area contributed by atoms with E-state index in [2.05, 4.69) is 10.3 Å². The fourth-order valence-electron chi connectivity index (χ4n) is 1.54. The highest BCUT2D eigenvalue weighted by Crippen LogP contribution is 2.13. The predicted octanol–water partition coefficient (Wildman–Crippen LogP) is 2.74. The molecule has 1 amide bonds. The number of methoxy groups -OCH3 is 1. The Balaban J connectivity index is 2.00. The van der Waals surface area contributed by atoms with Crippen molar-refractivity contribution in [2.75, 3.05) is 12.4 Å². The molecule has 1 N–H and O–H groups in total. The van der Waals surface area contributed by atoms with Gasteiger partial charge in [0.15, 0.2) is 0 Å². The lowest BCUT2D eigenvalue weighted by Crippen LogP contribution is -2.07. The van der Waals surface area contributed by atoms with Crippen LogP contribution in [0.1, 0.15) is 5.56 Å². The summed E-state index contributed by atoms with van der Waals surface area (Å²) in [5, 5.41) is 2.72. The van der Waals surface area contributed by atoms with Crippen molar-refractivity contribution in [3.8, 4) is 5.75 Å². The van der Waals surface area contributed by atoms with E-state index in [1.54, 1.807) is 37.7 Å². The smallest absolute Gasteiger partial charge is 0.248 e. The zero-order valence-electron chi connectivity index (χ0n) is 10.5. The Morgan fingerprint density at radius 2 is 2.21 bits per heavy atom. The average Bonchev–Trinajstić information content (AvgIpc) is 2.46. The first-order valence-electron chi connectivity index (χ1n) is 5.81. The van der Waals surface area contributed by atoms with Gasteiger partial charge in [0.05, 0.1) is 19.0 Å². The number of carbonyl (C=O) groups is 1. The minimum absolute atomic E-state index is 0.198. The summed E-state index contributed by atoms with van der Waals surface area (Å²) >= 11 is 0. The number of nitrogens with zero attached hydrogens (tertiary/aromatic N) is 1. The molecular formula is C15H14N2O2. The minimum Gasteiger partial charge on any atom is -0.497 e. The first kappa shape index (κ1) is 12.8. The third-order valence-electron chi connectivity index (χ3n) is 2.45. The van der Waals surface area contributed by atoms with Crippen LogP contribution in [0.3, 0.4) is 0 Å². The van der Waals surface area contributed by atoms with Crippen molar-refractivity contribution in [1.29, 1.82) is 0 Å². The van der Waals surface area contributed by atoms with Crippen LogP contribution in [0.4, 0.5) is 5.69 Å². The number of hydrogen-bond acceptors (Lipinski definition) is 3. The molecule has 0 aliphatic heterocycles. The second-order valence-electron chi connectivity index (χ2n) is 3.84. The van der Waals surface area contributed by atoms with Crippen LogP contribution < -0.4 is 10.1 Å². The van der Waals surface area contributed by atoms with Gasteiger partial charge in [-0.3, -0.25) is 9.78 Å². The van der Waals surface area contributed by atoms with Crippen LogP contribution in [-0.4, -0.2) is 18.0 Å². The summed E-state index contributed by atoms with van der Waals surface area (Å²) < 4.78 is 5.11. The molecule has 0 saturated carbocycles. The zero-order valence-corrected chi connectivity index (χ0v) is 10.5. The van der Waals surface area contributed by atoms with Crippen LogP contribution >= 0.6 is 0 Å². The van der Waals surface area contributed by atoms with E-state index in [0.717, 1.165) is 11.3 Å². The normalized spacial score (nSPS) is 10.4. The third-order valence-corrected chi connectivity index (χ3v) is 2.45. The largest absolute Gasteiger partial charge is 0.497 e. The lowest BCUT2D eigenvalue weighted by atomic mass is 10.2. The second kappa shape index (κ2) is 6.35. The maximum atomic E-state index is 11.7. The number of aromatic nitrogens is 1. The van der Waals surface area contributed by atoms with Crippen LogP contribution in [0.2, 0.25) is 0 Å². The molecular weight excluding hydrogens is 240 g/mol. The minimum atomic E-state index is -0.198. The molecule has 0 bridgehead atoms. The van der Waals surface area contributed by atoms with Crippen molar-refractivity contribution in [1.82, 2.24) is 4.98 Å². The molecule has 2 rings (SSSR count). The van der Waals surface area contributed by atoms with Crippen LogP contribution in [-0.2, 0) is 4.79 Å². The van der Waals surface area contributed by atoms with E-state index in [4.69, 9.17) is 4.74 Å². The van der Waals surface area contributed by atoms with Gasteiger partial charge < -0.3 is 10.1 Å². The molecule has 0 saturated heterocycles. The molecule has 0 fully saturated rings. The molecule has 19 heavy (non-hydrogen) atoms. The Bertz CT molecular complexity index is 580. The summed E-state index contributed by atoms with van der Waals surface area (Å²) in [6.07, 6.45) is 6.45. The number of carbonyl (C=O) groups excluding carboxylic acids is 1.